The fourth-order valence-electron chi connectivity index (χ4n) is 2.36. The Morgan fingerprint density at radius 2 is 1.74 bits per heavy atom. The number of aryl methyl sites for hydroxylation is 1. The van der Waals surface area contributed by atoms with Crippen LogP contribution in [-0.2, 0) is 16.8 Å². The van der Waals surface area contributed by atoms with E-state index < -0.39 is 5.54 Å². The van der Waals surface area contributed by atoms with Crippen molar-refractivity contribution in [2.45, 2.75) is 32.2 Å². The molecule has 0 aliphatic rings. The van der Waals surface area contributed by atoms with Crippen LogP contribution in [0.4, 0.5) is 5.69 Å². The van der Waals surface area contributed by atoms with Crippen molar-refractivity contribution < 1.29 is 4.79 Å². The minimum absolute atomic E-state index is 0. The highest BCUT2D eigenvalue weighted by atomic mass is 79.9. The number of benzene rings is 2. The summed E-state index contributed by atoms with van der Waals surface area (Å²) >= 11 is 3.42. The van der Waals surface area contributed by atoms with Gasteiger partial charge in [-0.25, -0.2) is 0 Å². The number of hydrogen-bond acceptors (Lipinski definition) is 2. The van der Waals surface area contributed by atoms with Crippen molar-refractivity contribution in [1.82, 2.24) is 5.32 Å². The Bertz CT molecular complexity index is 656. The Labute approximate surface area is 152 Å². The van der Waals surface area contributed by atoms with Gasteiger partial charge in [-0.15, -0.1) is 12.4 Å². The summed E-state index contributed by atoms with van der Waals surface area (Å²) < 4.78 is 1.03. The number of carbonyl (C=O) groups excluding carboxylic acids is 1. The lowest BCUT2D eigenvalue weighted by Crippen LogP contribution is -2.41. The average molecular weight is 398 g/mol. The monoisotopic (exact) mass is 396 g/mol. The molecular weight excluding hydrogens is 376 g/mol. The van der Waals surface area contributed by atoms with Gasteiger partial charge in [0, 0.05) is 16.6 Å². The fourth-order valence-corrected chi connectivity index (χ4v) is 2.62. The van der Waals surface area contributed by atoms with Gasteiger partial charge in [0.1, 0.15) is 0 Å². The van der Waals surface area contributed by atoms with E-state index in [1.54, 1.807) is 0 Å². The van der Waals surface area contributed by atoms with Crippen LogP contribution in [0.15, 0.2) is 53.0 Å². The lowest BCUT2D eigenvalue weighted by Gasteiger charge is -2.27. The summed E-state index contributed by atoms with van der Waals surface area (Å²) in [4.78, 5) is 12.2. The molecule has 0 radical (unpaired) electrons. The van der Waals surface area contributed by atoms with Crippen LogP contribution >= 0.6 is 28.3 Å². The molecule has 0 aliphatic heterocycles. The van der Waals surface area contributed by atoms with Gasteiger partial charge in [-0.05, 0) is 49.6 Å². The molecule has 5 heteroatoms. The number of nitrogens with one attached hydrogen (secondary N) is 1. The molecule has 0 unspecified atom stereocenters. The zero-order valence-electron chi connectivity index (χ0n) is 13.3. The number of carbonyl (C=O) groups is 1. The van der Waals surface area contributed by atoms with Crippen LogP contribution in [0, 0.1) is 0 Å². The van der Waals surface area contributed by atoms with Gasteiger partial charge >= 0.3 is 0 Å². The highest BCUT2D eigenvalue weighted by molar-refractivity contribution is 9.10. The zero-order chi connectivity index (χ0) is 16.2. The Balaban J connectivity index is 0.00000264. The molecule has 0 atom stereocenters. The maximum absolute atomic E-state index is 12.2. The van der Waals surface area contributed by atoms with E-state index in [1.807, 2.05) is 62.4 Å². The average Bonchev–Trinajstić information content (AvgIpc) is 2.46. The smallest absolute Gasteiger partial charge is 0.221 e. The second kappa shape index (κ2) is 8.37. The van der Waals surface area contributed by atoms with E-state index in [4.69, 9.17) is 5.73 Å². The summed E-state index contributed by atoms with van der Waals surface area (Å²) in [6.45, 7) is 4.01. The summed E-state index contributed by atoms with van der Waals surface area (Å²) in [5.74, 6) is 0.0242. The van der Waals surface area contributed by atoms with Gasteiger partial charge in [-0.1, -0.05) is 46.3 Å². The van der Waals surface area contributed by atoms with Crippen molar-refractivity contribution in [2.24, 2.45) is 0 Å². The first-order chi connectivity index (χ1) is 10.4. The van der Waals surface area contributed by atoms with Crippen LogP contribution in [0.2, 0.25) is 0 Å². The van der Waals surface area contributed by atoms with Crippen LogP contribution < -0.4 is 11.1 Å². The van der Waals surface area contributed by atoms with Crippen molar-refractivity contribution in [2.75, 3.05) is 5.73 Å². The quantitative estimate of drug-likeness (QED) is 0.733. The predicted octanol–water partition coefficient (Wildman–Crippen LogP) is 4.44. The van der Waals surface area contributed by atoms with Crippen molar-refractivity contribution in [1.29, 1.82) is 0 Å². The standard InChI is InChI=1S/C18H21BrN2O.ClH/c1-18(2,14-8-10-15(19)11-9-14)21-17(22)12-7-13-5-3-4-6-16(13)20;/h3-6,8-11H,7,12,20H2,1-2H3,(H,21,22);1H. The Hall–Kier alpha value is -1.52. The summed E-state index contributed by atoms with van der Waals surface area (Å²) in [7, 11) is 0. The third-order valence-electron chi connectivity index (χ3n) is 3.69. The molecule has 0 aromatic heterocycles. The molecule has 0 heterocycles. The number of rotatable bonds is 5. The van der Waals surface area contributed by atoms with Gasteiger partial charge in [0.05, 0.1) is 5.54 Å². The summed E-state index contributed by atoms with van der Waals surface area (Å²) in [5, 5.41) is 3.09. The SMILES string of the molecule is CC(C)(NC(=O)CCc1ccccc1N)c1ccc(Br)cc1.Cl. The van der Waals surface area contributed by atoms with Crippen LogP contribution in [0.3, 0.4) is 0 Å². The molecule has 0 bridgehead atoms. The normalized spacial score (nSPS) is 10.7. The van der Waals surface area contributed by atoms with Crippen molar-refractivity contribution in [3.05, 3.63) is 64.1 Å². The number of halogens is 2. The molecule has 2 aromatic carbocycles. The third-order valence-corrected chi connectivity index (χ3v) is 4.22. The molecule has 2 rings (SSSR count). The van der Waals surface area contributed by atoms with E-state index in [0.717, 1.165) is 21.3 Å². The lowest BCUT2D eigenvalue weighted by molar-refractivity contribution is -0.122. The highest BCUT2D eigenvalue weighted by Gasteiger charge is 2.22. The van der Waals surface area contributed by atoms with E-state index in [1.165, 1.54) is 0 Å². The molecular formula is C18H22BrClN2O. The van der Waals surface area contributed by atoms with Crippen molar-refractivity contribution in [3.63, 3.8) is 0 Å². The number of amides is 1. The van der Waals surface area contributed by atoms with E-state index in [9.17, 15) is 4.79 Å². The fraction of sp³-hybridized carbons (Fsp3) is 0.278. The van der Waals surface area contributed by atoms with E-state index >= 15 is 0 Å². The number of hydrogen-bond donors (Lipinski definition) is 2. The zero-order valence-corrected chi connectivity index (χ0v) is 15.7. The molecule has 3 N–H and O–H groups in total. The van der Waals surface area contributed by atoms with Crippen LogP contribution in [0.25, 0.3) is 0 Å². The predicted molar refractivity (Wildman–Crippen MR) is 102 cm³/mol. The van der Waals surface area contributed by atoms with Gasteiger partial charge in [0.25, 0.3) is 0 Å². The van der Waals surface area contributed by atoms with Gasteiger partial charge in [-0.3, -0.25) is 4.79 Å². The second-order valence-corrected chi connectivity index (χ2v) is 6.79. The summed E-state index contributed by atoms with van der Waals surface area (Å²) in [5.41, 5.74) is 8.32. The topological polar surface area (TPSA) is 55.1 Å². The number of para-hydroxylation sites is 1. The molecule has 1 amide bonds. The first-order valence-electron chi connectivity index (χ1n) is 7.29. The molecule has 0 saturated carbocycles. The molecule has 23 heavy (non-hydrogen) atoms. The van der Waals surface area contributed by atoms with Crippen molar-refractivity contribution >= 4 is 39.9 Å². The van der Waals surface area contributed by atoms with Crippen LogP contribution in [-0.4, -0.2) is 5.91 Å². The lowest BCUT2D eigenvalue weighted by atomic mass is 9.94. The van der Waals surface area contributed by atoms with Gasteiger partial charge in [-0.2, -0.15) is 0 Å². The summed E-state index contributed by atoms with van der Waals surface area (Å²) in [6.07, 6.45) is 1.07. The molecule has 124 valence electrons. The molecule has 3 nitrogen and oxygen atoms in total. The molecule has 0 fully saturated rings. The largest absolute Gasteiger partial charge is 0.399 e. The van der Waals surface area contributed by atoms with E-state index in [0.29, 0.717) is 12.8 Å². The van der Waals surface area contributed by atoms with Crippen LogP contribution in [0.1, 0.15) is 31.4 Å². The Morgan fingerprint density at radius 3 is 2.35 bits per heavy atom. The maximum Gasteiger partial charge on any atom is 0.221 e. The minimum Gasteiger partial charge on any atom is -0.399 e. The van der Waals surface area contributed by atoms with Crippen molar-refractivity contribution in [3.8, 4) is 0 Å². The third kappa shape index (κ3) is 5.56. The summed E-state index contributed by atoms with van der Waals surface area (Å²) in [6, 6.07) is 15.6. The van der Waals surface area contributed by atoms with Gasteiger partial charge < -0.3 is 11.1 Å². The highest BCUT2D eigenvalue weighted by Crippen LogP contribution is 2.22. The van der Waals surface area contributed by atoms with E-state index in [2.05, 4.69) is 21.2 Å². The molecule has 2 aromatic rings. The first kappa shape index (κ1) is 19.5. The minimum atomic E-state index is -0.403. The number of nitrogen functional groups attached to an aromatic ring is 1. The molecule has 0 aliphatic carbocycles. The number of anilines is 1. The second-order valence-electron chi connectivity index (χ2n) is 5.88. The van der Waals surface area contributed by atoms with Gasteiger partial charge in [0.2, 0.25) is 5.91 Å². The van der Waals surface area contributed by atoms with Crippen LogP contribution in [0.5, 0.6) is 0 Å². The maximum atomic E-state index is 12.2. The van der Waals surface area contributed by atoms with Gasteiger partial charge in [0.15, 0.2) is 0 Å². The first-order valence-corrected chi connectivity index (χ1v) is 8.08. The Kier molecular flexibility index (Phi) is 7.10. The molecule has 0 spiro atoms. The number of nitrogens with two attached hydrogens (primary N) is 1. The van der Waals surface area contributed by atoms with E-state index in [-0.39, 0.29) is 18.3 Å². The molecule has 0 saturated heterocycles. The Morgan fingerprint density at radius 1 is 1.13 bits per heavy atom.